The smallest absolute Gasteiger partial charge is 0.284 e. The number of nitrogens with one attached hydrogen (secondary N) is 3. The molecular weight excluding hydrogens is 434 g/mol. The van der Waals surface area contributed by atoms with Gasteiger partial charge in [-0.25, -0.2) is 4.83 Å². The van der Waals surface area contributed by atoms with Crippen LogP contribution in [0.5, 0.6) is 0 Å². The van der Waals surface area contributed by atoms with Crippen LogP contribution in [0.1, 0.15) is 15.9 Å². The summed E-state index contributed by atoms with van der Waals surface area (Å²) in [7, 11) is -4.21. The number of rotatable bonds is 5. The van der Waals surface area contributed by atoms with Gasteiger partial charge in [0, 0.05) is 5.69 Å². The number of pyridine rings is 1. The zero-order valence-electron chi connectivity index (χ0n) is 16.8. The topological polar surface area (TPSA) is 178 Å². The van der Waals surface area contributed by atoms with Crippen LogP contribution in [0.3, 0.4) is 0 Å². The average molecular weight is 453 g/mol. The van der Waals surface area contributed by atoms with Crippen molar-refractivity contribution >= 4 is 44.2 Å². The SMILES string of the molecule is Cc1ccc(S(=O)(=O)Nn2c(N)c(C(=O)Nc3ccccc3)c3[nH]nc(N)c3c2=O)cc1. The van der Waals surface area contributed by atoms with Crippen molar-refractivity contribution in [1.29, 1.82) is 0 Å². The third-order valence-electron chi connectivity index (χ3n) is 4.76. The number of aromatic amines is 1. The molecule has 0 aliphatic rings. The van der Waals surface area contributed by atoms with Gasteiger partial charge in [0.1, 0.15) is 16.8 Å². The summed E-state index contributed by atoms with van der Waals surface area (Å²) in [5.74, 6) is -1.33. The minimum atomic E-state index is -4.21. The standard InChI is InChI=1S/C20H19N7O4S/c1-11-7-9-13(10-8-11)32(30,31)26-27-18(22)15(16-14(20(27)29)17(21)25-24-16)19(28)23-12-5-3-2-4-6-12/h2-10,26H,22H2,1H3,(H,23,28)(H3,21,24,25). The number of carbonyl (C=O) groups is 1. The summed E-state index contributed by atoms with van der Waals surface area (Å²) in [5.41, 5.74) is 12.2. The van der Waals surface area contributed by atoms with Gasteiger partial charge >= 0.3 is 0 Å². The van der Waals surface area contributed by atoms with Crippen LogP contribution in [0.4, 0.5) is 17.3 Å². The first-order valence-corrected chi connectivity index (χ1v) is 10.8. The number of aromatic nitrogens is 3. The first kappa shape index (κ1) is 20.9. The fraction of sp³-hybridized carbons (Fsp3) is 0.0500. The summed E-state index contributed by atoms with van der Waals surface area (Å²) in [4.78, 5) is 28.1. The summed E-state index contributed by atoms with van der Waals surface area (Å²) in [5, 5.41) is 8.78. The average Bonchev–Trinajstić information content (AvgIpc) is 3.13. The molecule has 0 aliphatic heterocycles. The monoisotopic (exact) mass is 453 g/mol. The lowest BCUT2D eigenvalue weighted by Crippen LogP contribution is -2.36. The van der Waals surface area contributed by atoms with Crippen LogP contribution in [0.25, 0.3) is 10.9 Å². The van der Waals surface area contributed by atoms with Crippen LogP contribution >= 0.6 is 0 Å². The first-order chi connectivity index (χ1) is 15.2. The van der Waals surface area contributed by atoms with Crippen molar-refractivity contribution in [3.63, 3.8) is 0 Å². The molecule has 0 fully saturated rings. The van der Waals surface area contributed by atoms with E-state index in [1.165, 1.54) is 12.1 Å². The predicted molar refractivity (Wildman–Crippen MR) is 121 cm³/mol. The lowest BCUT2D eigenvalue weighted by molar-refractivity contribution is 0.102. The Morgan fingerprint density at radius 1 is 1.06 bits per heavy atom. The zero-order chi connectivity index (χ0) is 23.0. The molecule has 0 radical (unpaired) electrons. The minimum Gasteiger partial charge on any atom is -0.383 e. The minimum absolute atomic E-state index is 0.00999. The number of carbonyl (C=O) groups excluding carboxylic acids is 1. The Morgan fingerprint density at radius 3 is 2.38 bits per heavy atom. The van der Waals surface area contributed by atoms with Gasteiger partial charge in [0.25, 0.3) is 21.5 Å². The van der Waals surface area contributed by atoms with Gasteiger partial charge in [-0.05, 0) is 31.2 Å². The summed E-state index contributed by atoms with van der Waals surface area (Å²) in [6.07, 6.45) is 0. The maximum absolute atomic E-state index is 13.0. The molecule has 2 aromatic carbocycles. The van der Waals surface area contributed by atoms with Gasteiger partial charge in [0.15, 0.2) is 5.82 Å². The van der Waals surface area contributed by atoms with Crippen molar-refractivity contribution in [2.75, 3.05) is 21.6 Å². The van der Waals surface area contributed by atoms with Crippen LogP contribution in [-0.2, 0) is 10.0 Å². The molecule has 2 heterocycles. The summed E-state index contributed by atoms with van der Waals surface area (Å²) < 4.78 is 26.3. The Bertz CT molecular complexity index is 1490. The largest absolute Gasteiger partial charge is 0.383 e. The number of H-pyrrole nitrogens is 1. The van der Waals surface area contributed by atoms with Crippen molar-refractivity contribution in [2.24, 2.45) is 0 Å². The van der Waals surface area contributed by atoms with E-state index in [2.05, 4.69) is 20.3 Å². The predicted octanol–water partition coefficient (Wildman–Crippen LogP) is 1.38. The highest BCUT2D eigenvalue weighted by Crippen LogP contribution is 2.24. The summed E-state index contributed by atoms with van der Waals surface area (Å²) in [6.45, 7) is 1.81. The number of anilines is 3. The van der Waals surface area contributed by atoms with Gasteiger partial charge in [0.2, 0.25) is 0 Å². The third-order valence-corrected chi connectivity index (χ3v) is 6.08. The molecule has 1 amide bonds. The molecule has 0 saturated heterocycles. The number of hydrogen-bond acceptors (Lipinski definition) is 7. The maximum Gasteiger partial charge on any atom is 0.284 e. The molecule has 0 saturated carbocycles. The Balaban J connectivity index is 1.86. The van der Waals surface area contributed by atoms with E-state index in [1.54, 1.807) is 49.4 Å². The molecule has 0 bridgehead atoms. The Labute approximate surface area is 182 Å². The highest BCUT2D eigenvalue weighted by atomic mass is 32.2. The van der Waals surface area contributed by atoms with Gasteiger partial charge < -0.3 is 16.8 Å². The van der Waals surface area contributed by atoms with E-state index in [0.29, 0.717) is 10.4 Å². The van der Waals surface area contributed by atoms with E-state index in [1.807, 2.05) is 0 Å². The summed E-state index contributed by atoms with van der Waals surface area (Å²) >= 11 is 0. The van der Waals surface area contributed by atoms with E-state index in [9.17, 15) is 18.0 Å². The molecular formula is C20H19N7O4S. The van der Waals surface area contributed by atoms with Crippen molar-refractivity contribution < 1.29 is 13.2 Å². The van der Waals surface area contributed by atoms with E-state index < -0.39 is 27.3 Å². The highest BCUT2D eigenvalue weighted by molar-refractivity contribution is 7.92. The van der Waals surface area contributed by atoms with E-state index >= 15 is 0 Å². The Kier molecular flexibility index (Phi) is 5.06. The number of nitrogens with zero attached hydrogens (tertiary/aromatic N) is 2. The number of fused-ring (bicyclic) bond motifs is 1. The van der Waals surface area contributed by atoms with Gasteiger partial charge in [-0.2, -0.15) is 18.2 Å². The van der Waals surface area contributed by atoms with Gasteiger partial charge in [-0.1, -0.05) is 35.9 Å². The number of para-hydroxylation sites is 1. The van der Waals surface area contributed by atoms with Crippen LogP contribution in [0.2, 0.25) is 0 Å². The molecule has 164 valence electrons. The molecule has 0 aliphatic carbocycles. The van der Waals surface area contributed by atoms with Crippen molar-refractivity contribution in [3.8, 4) is 0 Å². The van der Waals surface area contributed by atoms with E-state index in [-0.39, 0.29) is 27.2 Å². The Morgan fingerprint density at radius 2 is 1.72 bits per heavy atom. The zero-order valence-corrected chi connectivity index (χ0v) is 17.6. The lowest BCUT2D eigenvalue weighted by Gasteiger charge is -2.16. The molecule has 11 nitrogen and oxygen atoms in total. The number of aryl methyl sites for hydroxylation is 1. The Hall–Kier alpha value is -4.32. The first-order valence-electron chi connectivity index (χ1n) is 9.33. The second-order valence-corrected chi connectivity index (χ2v) is 8.65. The van der Waals surface area contributed by atoms with Crippen molar-refractivity contribution in [2.45, 2.75) is 11.8 Å². The quantitative estimate of drug-likeness (QED) is 0.303. The van der Waals surface area contributed by atoms with E-state index in [4.69, 9.17) is 11.5 Å². The third kappa shape index (κ3) is 3.63. The molecule has 7 N–H and O–H groups in total. The van der Waals surface area contributed by atoms with E-state index in [0.717, 1.165) is 5.56 Å². The number of nitrogen functional groups attached to an aromatic ring is 2. The number of sulfonamides is 1. The second-order valence-electron chi connectivity index (χ2n) is 6.99. The van der Waals surface area contributed by atoms with Crippen LogP contribution in [0, 0.1) is 6.92 Å². The molecule has 12 heteroatoms. The van der Waals surface area contributed by atoms with Gasteiger partial charge in [-0.15, -0.1) is 0 Å². The normalized spacial score (nSPS) is 11.4. The molecule has 4 rings (SSSR count). The fourth-order valence-corrected chi connectivity index (χ4v) is 4.16. The molecule has 4 aromatic rings. The molecule has 0 atom stereocenters. The van der Waals surface area contributed by atoms with Crippen molar-refractivity contribution in [3.05, 3.63) is 76.1 Å². The molecule has 2 aromatic heterocycles. The number of hydrogen-bond donors (Lipinski definition) is 5. The number of amides is 1. The van der Waals surface area contributed by atoms with Gasteiger partial charge in [0.05, 0.1) is 10.4 Å². The lowest BCUT2D eigenvalue weighted by atomic mass is 10.1. The van der Waals surface area contributed by atoms with Crippen molar-refractivity contribution in [1.82, 2.24) is 14.9 Å². The highest BCUT2D eigenvalue weighted by Gasteiger charge is 2.26. The number of nitrogens with two attached hydrogens (primary N) is 2. The van der Waals surface area contributed by atoms with Crippen LogP contribution < -0.4 is 27.2 Å². The van der Waals surface area contributed by atoms with Gasteiger partial charge in [-0.3, -0.25) is 14.7 Å². The maximum atomic E-state index is 13.0. The summed E-state index contributed by atoms with van der Waals surface area (Å²) in [6, 6.07) is 14.5. The number of benzene rings is 2. The second kappa shape index (κ2) is 7.74. The van der Waals surface area contributed by atoms with Crippen LogP contribution in [-0.4, -0.2) is 29.2 Å². The molecule has 32 heavy (non-hydrogen) atoms. The fourth-order valence-electron chi connectivity index (χ4n) is 3.14. The molecule has 0 unspecified atom stereocenters. The van der Waals surface area contributed by atoms with Crippen LogP contribution in [0.15, 0.2) is 64.3 Å². The molecule has 0 spiro atoms.